The topological polar surface area (TPSA) is 85.2 Å². The summed E-state index contributed by atoms with van der Waals surface area (Å²) in [5.74, 6) is 0.710. The summed E-state index contributed by atoms with van der Waals surface area (Å²) in [5, 5.41) is 7.71. The van der Waals surface area contributed by atoms with Crippen molar-refractivity contribution in [2.24, 2.45) is 7.05 Å². The van der Waals surface area contributed by atoms with Crippen LogP contribution in [0.5, 0.6) is 0 Å². The number of carbonyl (C=O) groups excluding carboxylic acids is 2. The van der Waals surface area contributed by atoms with Gasteiger partial charge in [0.25, 0.3) is 5.91 Å². The van der Waals surface area contributed by atoms with E-state index < -0.39 is 0 Å². The molecule has 3 heterocycles. The summed E-state index contributed by atoms with van der Waals surface area (Å²) < 4.78 is 7.41. The van der Waals surface area contributed by atoms with Crippen molar-refractivity contribution in [1.82, 2.24) is 14.9 Å². The summed E-state index contributed by atoms with van der Waals surface area (Å²) in [6.07, 6.45) is 2.04. The first-order valence-corrected chi connectivity index (χ1v) is 10.2. The second kappa shape index (κ2) is 8.12. The lowest BCUT2D eigenvalue weighted by Gasteiger charge is -2.10. The lowest BCUT2D eigenvalue weighted by atomic mass is 10.2. The smallest absolute Gasteiger partial charge is 0.265 e. The molecule has 2 N–H and O–H groups in total. The van der Waals surface area contributed by atoms with Crippen LogP contribution in [-0.2, 0) is 23.0 Å². The number of fused-ring (bicyclic) bond motifs is 1. The molecule has 0 aliphatic carbocycles. The van der Waals surface area contributed by atoms with E-state index in [2.05, 4.69) is 15.6 Å². The van der Waals surface area contributed by atoms with E-state index in [1.165, 1.54) is 11.3 Å². The number of ether oxygens (including phenoxy) is 1. The maximum absolute atomic E-state index is 12.2. The van der Waals surface area contributed by atoms with E-state index in [9.17, 15) is 9.59 Å². The Kier molecular flexibility index (Phi) is 5.40. The standard InChI is InChI=1S/C20H22N4O3S/c1-24-15-7-6-13(22-20(26)17-5-3-11-28-17)12-14(15)23-18(24)8-9-21-19(25)16-4-2-10-27-16/h3,5-7,11-12,16H,2,4,8-10H2,1H3,(H,21,25)(H,22,26). The molecule has 1 atom stereocenters. The van der Waals surface area contributed by atoms with Gasteiger partial charge >= 0.3 is 0 Å². The first-order valence-electron chi connectivity index (χ1n) is 9.31. The fourth-order valence-electron chi connectivity index (χ4n) is 3.35. The maximum Gasteiger partial charge on any atom is 0.265 e. The zero-order chi connectivity index (χ0) is 19.5. The maximum atomic E-state index is 12.2. The minimum atomic E-state index is -0.310. The summed E-state index contributed by atoms with van der Waals surface area (Å²) in [5.41, 5.74) is 2.50. The van der Waals surface area contributed by atoms with Crippen molar-refractivity contribution in [3.05, 3.63) is 46.4 Å². The number of hydrogen-bond acceptors (Lipinski definition) is 5. The van der Waals surface area contributed by atoms with E-state index in [4.69, 9.17) is 4.74 Å². The molecule has 1 aliphatic heterocycles. The third-order valence-electron chi connectivity index (χ3n) is 4.85. The number of aromatic nitrogens is 2. The Balaban J connectivity index is 1.41. The molecule has 0 radical (unpaired) electrons. The number of hydrogen-bond donors (Lipinski definition) is 2. The van der Waals surface area contributed by atoms with E-state index in [-0.39, 0.29) is 17.9 Å². The van der Waals surface area contributed by atoms with Gasteiger partial charge in [-0.2, -0.15) is 0 Å². The van der Waals surface area contributed by atoms with Gasteiger partial charge in [0.05, 0.1) is 15.9 Å². The molecule has 146 valence electrons. The van der Waals surface area contributed by atoms with Gasteiger partial charge in [-0.05, 0) is 42.5 Å². The van der Waals surface area contributed by atoms with Gasteiger partial charge in [0.1, 0.15) is 11.9 Å². The predicted molar refractivity (Wildman–Crippen MR) is 109 cm³/mol. The van der Waals surface area contributed by atoms with Crippen molar-refractivity contribution in [3.63, 3.8) is 0 Å². The fraction of sp³-hybridized carbons (Fsp3) is 0.350. The monoisotopic (exact) mass is 398 g/mol. The fourth-order valence-corrected chi connectivity index (χ4v) is 3.97. The van der Waals surface area contributed by atoms with Crippen molar-refractivity contribution in [2.45, 2.75) is 25.4 Å². The van der Waals surface area contributed by atoms with Crippen LogP contribution < -0.4 is 10.6 Å². The highest BCUT2D eigenvalue weighted by atomic mass is 32.1. The Bertz CT molecular complexity index is 990. The predicted octanol–water partition coefficient (Wildman–Crippen LogP) is 2.72. The van der Waals surface area contributed by atoms with Crippen molar-refractivity contribution in [1.29, 1.82) is 0 Å². The summed E-state index contributed by atoms with van der Waals surface area (Å²) in [6.45, 7) is 1.17. The third kappa shape index (κ3) is 3.93. The molecule has 0 bridgehead atoms. The molecule has 3 aromatic rings. The Hall–Kier alpha value is -2.71. The van der Waals surface area contributed by atoms with Crippen LogP contribution in [0.3, 0.4) is 0 Å². The highest BCUT2D eigenvalue weighted by molar-refractivity contribution is 7.12. The highest BCUT2D eigenvalue weighted by Gasteiger charge is 2.23. The van der Waals surface area contributed by atoms with Crippen molar-refractivity contribution in [3.8, 4) is 0 Å². The van der Waals surface area contributed by atoms with Gasteiger partial charge in [0.15, 0.2) is 0 Å². The second-order valence-electron chi connectivity index (χ2n) is 6.76. The van der Waals surface area contributed by atoms with Gasteiger partial charge in [-0.15, -0.1) is 11.3 Å². The summed E-state index contributed by atoms with van der Waals surface area (Å²) in [4.78, 5) is 29.6. The number of nitrogens with one attached hydrogen (secondary N) is 2. The number of aryl methyl sites for hydroxylation is 1. The van der Waals surface area contributed by atoms with Crippen molar-refractivity contribution >= 4 is 39.9 Å². The molecule has 2 aromatic heterocycles. The van der Waals surface area contributed by atoms with Gasteiger partial charge in [0.2, 0.25) is 5.91 Å². The molecule has 1 unspecified atom stereocenters. The largest absolute Gasteiger partial charge is 0.368 e. The molecule has 7 nitrogen and oxygen atoms in total. The van der Waals surface area contributed by atoms with Crippen LogP contribution in [0.25, 0.3) is 11.0 Å². The van der Waals surface area contributed by atoms with Crippen LogP contribution in [0.2, 0.25) is 0 Å². The lowest BCUT2D eigenvalue weighted by Crippen LogP contribution is -2.35. The Morgan fingerprint density at radius 2 is 2.25 bits per heavy atom. The van der Waals surface area contributed by atoms with Gasteiger partial charge in [-0.1, -0.05) is 6.07 Å². The van der Waals surface area contributed by atoms with E-state index in [0.717, 1.165) is 29.7 Å². The van der Waals surface area contributed by atoms with Gasteiger partial charge in [-0.25, -0.2) is 4.98 Å². The zero-order valence-electron chi connectivity index (χ0n) is 15.6. The van der Waals surface area contributed by atoms with Gasteiger partial charge in [-0.3, -0.25) is 9.59 Å². The number of imidazole rings is 1. The molecule has 1 fully saturated rings. The van der Waals surface area contributed by atoms with Crippen LogP contribution >= 0.6 is 11.3 Å². The quantitative estimate of drug-likeness (QED) is 0.669. The molecule has 1 aliphatic rings. The number of nitrogens with zero attached hydrogens (tertiary/aromatic N) is 2. The zero-order valence-corrected chi connectivity index (χ0v) is 16.4. The summed E-state index contributed by atoms with van der Waals surface area (Å²) in [7, 11) is 1.95. The second-order valence-corrected chi connectivity index (χ2v) is 7.71. The number of thiophene rings is 1. The highest BCUT2D eigenvalue weighted by Crippen LogP contribution is 2.21. The Labute approximate surface area is 166 Å². The summed E-state index contributed by atoms with van der Waals surface area (Å²) in [6, 6.07) is 9.34. The van der Waals surface area contributed by atoms with Crippen LogP contribution in [0.1, 0.15) is 28.3 Å². The van der Waals surface area contributed by atoms with Crippen LogP contribution in [0.15, 0.2) is 35.7 Å². The van der Waals surface area contributed by atoms with Gasteiger partial charge in [0, 0.05) is 32.3 Å². The molecule has 0 spiro atoms. The van der Waals surface area contributed by atoms with Gasteiger partial charge < -0.3 is 19.9 Å². The van der Waals surface area contributed by atoms with E-state index in [0.29, 0.717) is 30.1 Å². The van der Waals surface area contributed by atoms with Crippen LogP contribution in [0, 0.1) is 0 Å². The molecule has 0 saturated carbocycles. The minimum absolute atomic E-state index is 0.0464. The number of rotatable bonds is 6. The lowest BCUT2D eigenvalue weighted by molar-refractivity contribution is -0.130. The average Bonchev–Trinajstić information content (AvgIpc) is 3.44. The van der Waals surface area contributed by atoms with E-state index >= 15 is 0 Å². The number of carbonyl (C=O) groups is 2. The third-order valence-corrected chi connectivity index (χ3v) is 5.71. The number of benzene rings is 1. The molecule has 1 saturated heterocycles. The van der Waals surface area contributed by atoms with Crippen molar-refractivity contribution in [2.75, 3.05) is 18.5 Å². The first kappa shape index (κ1) is 18.6. The first-order chi connectivity index (χ1) is 13.6. The molecule has 1 aromatic carbocycles. The van der Waals surface area contributed by atoms with Crippen LogP contribution in [0.4, 0.5) is 5.69 Å². The summed E-state index contributed by atoms with van der Waals surface area (Å²) >= 11 is 1.41. The molecular weight excluding hydrogens is 376 g/mol. The van der Waals surface area contributed by atoms with E-state index in [1.54, 1.807) is 6.07 Å². The molecule has 2 amide bonds. The van der Waals surface area contributed by atoms with Crippen LogP contribution in [-0.4, -0.2) is 40.6 Å². The number of amides is 2. The molecule has 28 heavy (non-hydrogen) atoms. The van der Waals surface area contributed by atoms with E-state index in [1.807, 2.05) is 41.3 Å². The normalized spacial score (nSPS) is 16.4. The SMILES string of the molecule is Cn1c(CCNC(=O)C2CCCO2)nc2cc(NC(=O)c3cccs3)ccc21. The molecule has 4 rings (SSSR count). The number of anilines is 1. The Morgan fingerprint density at radius 1 is 1.36 bits per heavy atom. The average molecular weight is 398 g/mol. The Morgan fingerprint density at radius 3 is 3.00 bits per heavy atom. The molecule has 8 heteroatoms. The van der Waals surface area contributed by atoms with Crippen molar-refractivity contribution < 1.29 is 14.3 Å². The minimum Gasteiger partial charge on any atom is -0.368 e. The molecular formula is C20H22N4O3S.